The van der Waals surface area contributed by atoms with Crippen molar-refractivity contribution in [3.63, 3.8) is 0 Å². The molecular weight excluding hydrogens is 1190 g/mol. The quantitative estimate of drug-likeness (QED) is 0.0195. The monoisotopic (exact) mass is 1360 g/mol. The van der Waals surface area contributed by atoms with Crippen molar-refractivity contribution in [2.45, 2.75) is 487 Å². The third-order valence-electron chi connectivity index (χ3n) is 20.6. The number of nitrogens with one attached hydrogen (secondary N) is 1. The van der Waals surface area contributed by atoms with Crippen LogP contribution in [0.1, 0.15) is 444 Å². The van der Waals surface area contributed by atoms with Gasteiger partial charge in [-0.15, -0.1) is 0 Å². The summed E-state index contributed by atoms with van der Waals surface area (Å²) in [5, 5.41) is 54.5. The first kappa shape index (κ1) is 92.2. The van der Waals surface area contributed by atoms with Crippen LogP contribution in [0.5, 0.6) is 0 Å². The Hall–Kier alpha value is -1.86. The molecule has 1 amide bonds. The molecule has 0 saturated carbocycles. The lowest BCUT2D eigenvalue weighted by Gasteiger charge is -2.40. The molecule has 0 aromatic heterocycles. The fourth-order valence-electron chi connectivity index (χ4n) is 13.9. The van der Waals surface area contributed by atoms with Crippen molar-refractivity contribution in [2.24, 2.45) is 0 Å². The van der Waals surface area contributed by atoms with Gasteiger partial charge in [0.25, 0.3) is 0 Å². The van der Waals surface area contributed by atoms with Crippen LogP contribution < -0.4 is 5.32 Å². The molecule has 1 saturated heterocycles. The largest absolute Gasteiger partial charge is 0.466 e. The Kier molecular flexibility index (Phi) is 71.4. The second-order valence-corrected chi connectivity index (χ2v) is 29.9. The van der Waals surface area contributed by atoms with Crippen LogP contribution in [0, 0.1) is 0 Å². The van der Waals surface area contributed by atoms with Gasteiger partial charge in [-0.2, -0.15) is 0 Å². The van der Waals surface area contributed by atoms with Crippen molar-refractivity contribution in [3.8, 4) is 0 Å². The molecule has 7 unspecified atom stereocenters. The van der Waals surface area contributed by atoms with Crippen LogP contribution in [0.15, 0.2) is 24.3 Å². The van der Waals surface area contributed by atoms with Crippen LogP contribution in [-0.4, -0.2) is 100 Å². The number of carbonyl (C=O) groups excluding carboxylic acids is 2. The lowest BCUT2D eigenvalue weighted by Crippen LogP contribution is -2.60. The Morgan fingerprint density at radius 3 is 1.00 bits per heavy atom. The highest BCUT2D eigenvalue weighted by Crippen LogP contribution is 2.24. The first-order valence-electron chi connectivity index (χ1n) is 42.6. The van der Waals surface area contributed by atoms with E-state index in [1.165, 1.54) is 366 Å². The number of unbranched alkanes of at least 4 members (excludes halogenated alkanes) is 61. The van der Waals surface area contributed by atoms with E-state index in [1.807, 2.05) is 6.08 Å². The van der Waals surface area contributed by atoms with E-state index in [1.54, 1.807) is 6.08 Å². The van der Waals surface area contributed by atoms with E-state index in [0.29, 0.717) is 19.4 Å². The van der Waals surface area contributed by atoms with Crippen molar-refractivity contribution in [1.82, 2.24) is 5.32 Å². The van der Waals surface area contributed by atoms with Crippen molar-refractivity contribution >= 4 is 11.9 Å². The van der Waals surface area contributed by atoms with E-state index >= 15 is 0 Å². The molecule has 11 nitrogen and oxygen atoms in total. The highest BCUT2D eigenvalue weighted by Gasteiger charge is 2.44. The van der Waals surface area contributed by atoms with Gasteiger partial charge in [0.2, 0.25) is 5.91 Å². The average Bonchev–Trinajstić information content (AvgIpc) is 0.855. The summed E-state index contributed by atoms with van der Waals surface area (Å²) in [6.07, 6.45) is 86.7. The number of rotatable bonds is 77. The smallest absolute Gasteiger partial charge is 0.305 e. The maximum absolute atomic E-state index is 13.1. The number of amides is 1. The van der Waals surface area contributed by atoms with Gasteiger partial charge in [-0.1, -0.05) is 398 Å². The molecule has 0 aromatic rings. The Labute approximate surface area is 594 Å². The van der Waals surface area contributed by atoms with Crippen LogP contribution in [0.25, 0.3) is 0 Å². The molecule has 0 aliphatic carbocycles. The number of carbonyl (C=O) groups is 2. The number of allylic oxidation sites excluding steroid dienone is 3. The Bertz CT molecular complexity index is 1640. The minimum Gasteiger partial charge on any atom is -0.466 e. The standard InChI is InChI=1S/C85H163NO10/c1-3-5-7-9-11-13-15-16-17-18-43-46-49-53-57-61-65-69-73-81(90)94-74-70-66-62-58-54-50-47-44-41-39-37-35-33-31-29-27-25-23-21-19-20-22-24-26-28-30-32-34-36-38-40-42-45-48-52-56-60-64-68-72-80(89)86-77(76-95-85-84(93)83(92)82(91)79(75-87)96-85)78(88)71-67-63-59-55-51-14-12-10-8-6-4-2/h19-20,67,71,77-79,82-85,87-88,91-93H,3-18,21-66,68-70,72-76H2,1-2H3,(H,86,89)/b20-19-,71-67+. The number of ether oxygens (including phenoxy) is 3. The molecule has 1 fully saturated rings. The summed E-state index contributed by atoms with van der Waals surface area (Å²) in [4.78, 5) is 25.2. The van der Waals surface area contributed by atoms with E-state index in [-0.39, 0.29) is 18.5 Å². The van der Waals surface area contributed by atoms with E-state index in [4.69, 9.17) is 14.2 Å². The topological polar surface area (TPSA) is 175 Å². The number of aliphatic hydroxyl groups is 5. The molecule has 6 N–H and O–H groups in total. The van der Waals surface area contributed by atoms with Crippen molar-refractivity contribution in [2.75, 3.05) is 19.8 Å². The van der Waals surface area contributed by atoms with Gasteiger partial charge in [-0.25, -0.2) is 0 Å². The summed E-state index contributed by atoms with van der Waals surface area (Å²) >= 11 is 0. The predicted octanol–water partition coefficient (Wildman–Crippen LogP) is 23.5. The van der Waals surface area contributed by atoms with Crippen molar-refractivity contribution in [3.05, 3.63) is 24.3 Å². The van der Waals surface area contributed by atoms with Gasteiger partial charge in [0.15, 0.2) is 6.29 Å². The zero-order valence-corrected chi connectivity index (χ0v) is 63.6. The third kappa shape index (κ3) is 62.0. The van der Waals surface area contributed by atoms with E-state index in [0.717, 1.165) is 51.4 Å². The number of aliphatic hydroxyl groups excluding tert-OH is 5. The lowest BCUT2D eigenvalue weighted by atomic mass is 9.99. The second kappa shape index (κ2) is 74.3. The molecule has 1 aliphatic heterocycles. The van der Waals surface area contributed by atoms with Crippen LogP contribution >= 0.6 is 0 Å². The summed E-state index contributed by atoms with van der Waals surface area (Å²) in [6, 6.07) is -0.806. The minimum atomic E-state index is -1.57. The SMILES string of the molecule is CCCCCCCCCCC/C=C/C(O)C(COC1OC(CO)C(O)C(O)C1O)NC(=O)CCCCCCCCCCCCCCCCCCC/C=C\CCCCCCCCCCCCCCCCCCCCOC(=O)CCCCCCCCCCCCCCCCCCCC. The first-order chi connectivity index (χ1) is 47.2. The molecule has 11 heteroatoms. The molecular formula is C85H163NO10. The van der Waals surface area contributed by atoms with Crippen LogP contribution in [0.2, 0.25) is 0 Å². The Balaban J connectivity index is 1.84. The lowest BCUT2D eigenvalue weighted by molar-refractivity contribution is -0.302. The maximum atomic E-state index is 13.1. The predicted molar refractivity (Wildman–Crippen MR) is 408 cm³/mol. The minimum absolute atomic E-state index is 0.0223. The Morgan fingerprint density at radius 2 is 0.667 bits per heavy atom. The summed E-state index contributed by atoms with van der Waals surface area (Å²) < 4.78 is 16.8. The van der Waals surface area contributed by atoms with Gasteiger partial charge < -0.3 is 45.1 Å². The maximum Gasteiger partial charge on any atom is 0.305 e. The van der Waals surface area contributed by atoms with Crippen molar-refractivity contribution < 1.29 is 49.3 Å². The highest BCUT2D eigenvalue weighted by atomic mass is 16.7. The molecule has 0 radical (unpaired) electrons. The normalized spacial score (nSPS) is 17.3. The summed E-state index contributed by atoms with van der Waals surface area (Å²) in [5.74, 6) is -0.153. The molecule has 1 heterocycles. The summed E-state index contributed by atoms with van der Waals surface area (Å²) in [5.41, 5.74) is 0. The van der Waals surface area contributed by atoms with E-state index < -0.39 is 49.5 Å². The number of esters is 1. The third-order valence-corrected chi connectivity index (χ3v) is 20.6. The molecule has 0 spiro atoms. The van der Waals surface area contributed by atoms with Gasteiger partial charge in [0.1, 0.15) is 24.4 Å². The highest BCUT2D eigenvalue weighted by molar-refractivity contribution is 5.76. The number of hydrogen-bond acceptors (Lipinski definition) is 10. The van der Waals surface area contributed by atoms with Gasteiger partial charge in [-0.3, -0.25) is 9.59 Å². The molecule has 7 atom stereocenters. The fraction of sp³-hybridized carbons (Fsp3) is 0.929. The van der Waals surface area contributed by atoms with Gasteiger partial charge >= 0.3 is 5.97 Å². The fourth-order valence-corrected chi connectivity index (χ4v) is 13.9. The summed E-state index contributed by atoms with van der Waals surface area (Å²) in [6.45, 7) is 4.40. The van der Waals surface area contributed by atoms with Gasteiger partial charge in [0, 0.05) is 12.8 Å². The van der Waals surface area contributed by atoms with Crippen LogP contribution in [-0.2, 0) is 23.8 Å². The number of hydrogen-bond donors (Lipinski definition) is 6. The molecule has 0 aromatic carbocycles. The average molecular weight is 1360 g/mol. The van der Waals surface area contributed by atoms with Crippen LogP contribution in [0.4, 0.5) is 0 Å². The molecule has 0 bridgehead atoms. The molecule has 1 rings (SSSR count). The van der Waals surface area contributed by atoms with Crippen LogP contribution in [0.3, 0.4) is 0 Å². The zero-order chi connectivity index (χ0) is 69.4. The van der Waals surface area contributed by atoms with Gasteiger partial charge in [-0.05, 0) is 57.8 Å². The zero-order valence-electron chi connectivity index (χ0n) is 63.6. The van der Waals surface area contributed by atoms with E-state index in [2.05, 4.69) is 31.3 Å². The summed E-state index contributed by atoms with van der Waals surface area (Å²) in [7, 11) is 0. The Morgan fingerprint density at radius 1 is 0.375 bits per heavy atom. The first-order valence-corrected chi connectivity index (χ1v) is 42.6. The molecule has 96 heavy (non-hydrogen) atoms. The van der Waals surface area contributed by atoms with Crippen molar-refractivity contribution in [1.29, 1.82) is 0 Å². The van der Waals surface area contributed by atoms with Gasteiger partial charge in [0.05, 0.1) is 32.0 Å². The molecule has 568 valence electrons. The second-order valence-electron chi connectivity index (χ2n) is 29.9. The van der Waals surface area contributed by atoms with E-state index in [9.17, 15) is 35.1 Å². The molecule has 1 aliphatic rings.